The summed E-state index contributed by atoms with van der Waals surface area (Å²) in [5.74, 6) is -1.72. The molecule has 0 radical (unpaired) electrons. The number of carboxylic acids is 2. The molecule has 0 fully saturated rings. The van der Waals surface area contributed by atoms with Crippen molar-refractivity contribution in [3.63, 3.8) is 0 Å². The molecule has 0 aliphatic rings. The Kier molecular flexibility index (Phi) is 11.5. The molecule has 19 heavy (non-hydrogen) atoms. The number of carbonyl (C=O) groups is 2. The van der Waals surface area contributed by atoms with Crippen molar-refractivity contribution in [2.24, 2.45) is 0 Å². The molecule has 0 unspecified atom stereocenters. The van der Waals surface area contributed by atoms with Gasteiger partial charge in [0.2, 0.25) is 0 Å². The summed E-state index contributed by atoms with van der Waals surface area (Å²) in [7, 11) is 0. The van der Waals surface area contributed by atoms with Crippen molar-refractivity contribution >= 4 is 35.1 Å². The SMILES string of the molecule is C=CC(=O)O.O=C(O)COc1ccc(Cl)cc1Cl.[Zn]. The van der Waals surface area contributed by atoms with Gasteiger partial charge in [-0.1, -0.05) is 29.8 Å². The molecule has 100 valence electrons. The Morgan fingerprint density at radius 2 is 1.84 bits per heavy atom. The molecule has 0 aliphatic heterocycles. The van der Waals surface area contributed by atoms with Crippen LogP contribution in [0.25, 0.3) is 0 Å². The minimum Gasteiger partial charge on any atom is -0.480 e. The van der Waals surface area contributed by atoms with Gasteiger partial charge in [0.05, 0.1) is 5.02 Å². The van der Waals surface area contributed by atoms with Crippen LogP contribution in [0.2, 0.25) is 10.0 Å². The number of hydrogen-bond donors (Lipinski definition) is 2. The van der Waals surface area contributed by atoms with Crippen LogP contribution >= 0.6 is 23.2 Å². The van der Waals surface area contributed by atoms with Crippen molar-refractivity contribution in [1.82, 2.24) is 0 Å². The van der Waals surface area contributed by atoms with Crippen molar-refractivity contribution in [1.29, 1.82) is 0 Å². The molecule has 1 rings (SSSR count). The first-order chi connectivity index (χ1) is 8.36. The first kappa shape index (κ1) is 20.2. The molecular weight excluding hydrogens is 348 g/mol. The smallest absolute Gasteiger partial charge is 0.341 e. The van der Waals surface area contributed by atoms with Crippen LogP contribution in [0.1, 0.15) is 0 Å². The topological polar surface area (TPSA) is 83.8 Å². The zero-order valence-electron chi connectivity index (χ0n) is 9.81. The van der Waals surface area contributed by atoms with Crippen LogP contribution in [0.3, 0.4) is 0 Å². The fourth-order valence-electron chi connectivity index (χ4n) is 0.732. The summed E-state index contributed by atoms with van der Waals surface area (Å²) in [6.07, 6.45) is 0.833. The van der Waals surface area contributed by atoms with E-state index in [1.807, 2.05) is 0 Å². The monoisotopic (exact) mass is 356 g/mol. The second kappa shape index (κ2) is 10.8. The molecule has 0 aliphatic carbocycles. The van der Waals surface area contributed by atoms with E-state index >= 15 is 0 Å². The summed E-state index contributed by atoms with van der Waals surface area (Å²) in [6, 6.07) is 4.58. The van der Waals surface area contributed by atoms with Gasteiger partial charge in [-0.2, -0.15) is 0 Å². The summed E-state index contributed by atoms with van der Waals surface area (Å²) < 4.78 is 4.86. The molecule has 0 saturated heterocycles. The summed E-state index contributed by atoms with van der Waals surface area (Å²) in [6.45, 7) is 2.55. The zero-order chi connectivity index (χ0) is 14.1. The Morgan fingerprint density at radius 1 is 1.32 bits per heavy atom. The molecule has 0 heterocycles. The van der Waals surface area contributed by atoms with Gasteiger partial charge >= 0.3 is 11.9 Å². The number of hydrogen-bond acceptors (Lipinski definition) is 3. The second-order valence-corrected chi connectivity index (χ2v) is 3.64. The Bertz CT molecular complexity index is 451. The van der Waals surface area contributed by atoms with E-state index in [2.05, 4.69) is 6.58 Å². The van der Waals surface area contributed by atoms with Crippen LogP contribution in [0, 0.1) is 0 Å². The van der Waals surface area contributed by atoms with Gasteiger partial charge < -0.3 is 14.9 Å². The predicted molar refractivity (Wildman–Crippen MR) is 67.4 cm³/mol. The van der Waals surface area contributed by atoms with Crippen LogP contribution in [0.4, 0.5) is 0 Å². The average Bonchev–Trinajstić information content (AvgIpc) is 2.28. The van der Waals surface area contributed by atoms with Crippen LogP contribution < -0.4 is 4.74 Å². The van der Waals surface area contributed by atoms with Gasteiger partial charge in [-0.05, 0) is 18.2 Å². The molecule has 0 spiro atoms. The van der Waals surface area contributed by atoms with Gasteiger partial charge in [0.1, 0.15) is 5.75 Å². The molecule has 8 heteroatoms. The van der Waals surface area contributed by atoms with E-state index in [1.54, 1.807) is 6.07 Å². The molecule has 1 aromatic rings. The van der Waals surface area contributed by atoms with E-state index in [1.165, 1.54) is 12.1 Å². The summed E-state index contributed by atoms with van der Waals surface area (Å²) in [5.41, 5.74) is 0. The first-order valence-corrected chi connectivity index (χ1v) is 5.27. The number of carboxylic acid groups (broad SMARTS) is 2. The second-order valence-electron chi connectivity index (χ2n) is 2.80. The molecular formula is C11H10Cl2O5Zn. The molecule has 1 aromatic carbocycles. The average molecular weight is 358 g/mol. The summed E-state index contributed by atoms with van der Waals surface area (Å²) in [4.78, 5) is 19.4. The molecule has 0 atom stereocenters. The first-order valence-electron chi connectivity index (χ1n) is 4.51. The molecule has 0 saturated carbocycles. The summed E-state index contributed by atoms with van der Waals surface area (Å²) >= 11 is 11.3. The number of ether oxygens (including phenoxy) is 1. The zero-order valence-corrected chi connectivity index (χ0v) is 14.3. The fourth-order valence-corrected chi connectivity index (χ4v) is 1.19. The molecule has 2 N–H and O–H groups in total. The van der Waals surface area contributed by atoms with Crippen molar-refractivity contribution in [2.75, 3.05) is 6.61 Å². The number of rotatable bonds is 4. The van der Waals surface area contributed by atoms with Gasteiger partial charge in [0, 0.05) is 30.6 Å². The quantitative estimate of drug-likeness (QED) is 0.639. The fraction of sp³-hybridized carbons (Fsp3) is 0.0909. The Balaban J connectivity index is 0. The third-order valence-corrected chi connectivity index (χ3v) is 1.95. The van der Waals surface area contributed by atoms with E-state index in [9.17, 15) is 9.59 Å². The van der Waals surface area contributed by atoms with Crippen molar-refractivity contribution in [3.8, 4) is 5.75 Å². The largest absolute Gasteiger partial charge is 0.480 e. The third-order valence-electron chi connectivity index (χ3n) is 1.42. The Labute approximate surface area is 132 Å². The van der Waals surface area contributed by atoms with Crippen LogP contribution in [0.5, 0.6) is 5.75 Å². The van der Waals surface area contributed by atoms with Crippen LogP contribution in [0.15, 0.2) is 30.9 Å². The van der Waals surface area contributed by atoms with E-state index in [0.717, 1.165) is 6.08 Å². The molecule has 0 aromatic heterocycles. The van der Waals surface area contributed by atoms with Crippen molar-refractivity contribution < 1.29 is 44.0 Å². The van der Waals surface area contributed by atoms with Crippen molar-refractivity contribution in [3.05, 3.63) is 40.9 Å². The molecule has 0 bridgehead atoms. The molecule has 0 amide bonds. The maximum atomic E-state index is 10.2. The standard InChI is InChI=1S/C8H6Cl2O3.C3H4O2.Zn/c9-5-1-2-7(6(10)3-5)13-4-8(11)12;1-2-3(4)5;/h1-3H,4H2,(H,11,12);2H,1H2,(H,4,5);. The minimum atomic E-state index is -1.05. The van der Waals surface area contributed by atoms with Gasteiger partial charge in [-0.3, -0.25) is 0 Å². The maximum Gasteiger partial charge on any atom is 0.341 e. The normalized spacial score (nSPS) is 8.32. The van der Waals surface area contributed by atoms with Crippen LogP contribution in [-0.4, -0.2) is 28.8 Å². The number of benzene rings is 1. The van der Waals surface area contributed by atoms with Crippen molar-refractivity contribution in [2.45, 2.75) is 0 Å². The number of aliphatic carboxylic acids is 2. The van der Waals surface area contributed by atoms with E-state index < -0.39 is 18.5 Å². The van der Waals surface area contributed by atoms with Crippen LogP contribution in [-0.2, 0) is 29.1 Å². The van der Waals surface area contributed by atoms with E-state index in [-0.39, 0.29) is 19.5 Å². The maximum absolute atomic E-state index is 10.2. The van der Waals surface area contributed by atoms with E-state index in [4.69, 9.17) is 38.2 Å². The van der Waals surface area contributed by atoms with Gasteiger partial charge in [0.25, 0.3) is 0 Å². The van der Waals surface area contributed by atoms with Gasteiger partial charge in [-0.25, -0.2) is 9.59 Å². The number of halogens is 2. The minimum absolute atomic E-state index is 0. The van der Waals surface area contributed by atoms with Gasteiger partial charge in [-0.15, -0.1) is 0 Å². The Hall–Kier alpha value is -1.10. The Morgan fingerprint density at radius 3 is 2.21 bits per heavy atom. The third kappa shape index (κ3) is 10.5. The van der Waals surface area contributed by atoms with Gasteiger partial charge in [0.15, 0.2) is 6.61 Å². The van der Waals surface area contributed by atoms with E-state index in [0.29, 0.717) is 15.8 Å². The summed E-state index contributed by atoms with van der Waals surface area (Å²) in [5, 5.41) is 16.7. The molecule has 5 nitrogen and oxygen atoms in total. The predicted octanol–water partition coefficient (Wildman–Crippen LogP) is 2.71.